The second-order valence-electron chi connectivity index (χ2n) is 3.61. The van der Waals surface area contributed by atoms with Gasteiger partial charge in [0.2, 0.25) is 0 Å². The fraction of sp³-hybridized carbons (Fsp3) is 0.556. The van der Waals surface area contributed by atoms with Crippen molar-refractivity contribution in [2.45, 2.75) is 18.9 Å². The topological polar surface area (TPSA) is 66.9 Å². The zero-order valence-corrected chi connectivity index (χ0v) is 8.88. The van der Waals surface area contributed by atoms with Crippen LogP contribution >= 0.6 is 11.6 Å². The van der Waals surface area contributed by atoms with Crippen LogP contribution in [0.15, 0.2) is 15.7 Å². The number of nitrogens with one attached hydrogen (secondary N) is 2. The second kappa shape index (κ2) is 4.20. The Morgan fingerprint density at radius 1 is 1.33 bits per heavy atom. The van der Waals surface area contributed by atoms with Crippen molar-refractivity contribution in [1.29, 1.82) is 0 Å². The number of nitrogens with zero attached hydrogens (tertiary/aromatic N) is 1. The van der Waals surface area contributed by atoms with Crippen molar-refractivity contribution < 1.29 is 0 Å². The van der Waals surface area contributed by atoms with E-state index in [-0.39, 0.29) is 16.8 Å². The van der Waals surface area contributed by atoms with Gasteiger partial charge in [-0.3, -0.25) is 14.3 Å². The molecule has 0 atom stereocenters. The first-order valence-corrected chi connectivity index (χ1v) is 5.28. The molecule has 0 bridgehead atoms. The molecule has 0 unspecified atom stereocenters. The molecule has 1 aromatic rings. The highest BCUT2D eigenvalue weighted by Gasteiger charge is 2.18. The lowest BCUT2D eigenvalue weighted by atomic mass is 10.1. The lowest BCUT2D eigenvalue weighted by Crippen LogP contribution is -2.41. The fourth-order valence-electron chi connectivity index (χ4n) is 1.89. The molecule has 5 nitrogen and oxygen atoms in total. The normalized spacial score (nSPS) is 17.9. The predicted molar refractivity (Wildman–Crippen MR) is 57.5 cm³/mol. The molecule has 0 spiro atoms. The maximum atomic E-state index is 11.6. The Bertz CT molecular complexity index is 428. The van der Waals surface area contributed by atoms with Crippen molar-refractivity contribution in [3.63, 3.8) is 0 Å². The molecular weight excluding hydrogens is 218 g/mol. The van der Waals surface area contributed by atoms with Gasteiger partial charge < -0.3 is 5.32 Å². The predicted octanol–water partition coefficient (Wildman–Crippen LogP) is 0.114. The molecule has 2 rings (SSSR count). The summed E-state index contributed by atoms with van der Waals surface area (Å²) in [5, 5.41) is 3.27. The molecule has 2 heterocycles. The van der Waals surface area contributed by atoms with E-state index in [1.807, 2.05) is 0 Å². The van der Waals surface area contributed by atoms with Crippen LogP contribution in [0.25, 0.3) is 0 Å². The molecule has 0 aliphatic carbocycles. The van der Waals surface area contributed by atoms with E-state index in [2.05, 4.69) is 10.3 Å². The van der Waals surface area contributed by atoms with Gasteiger partial charge in [-0.1, -0.05) is 11.6 Å². The Morgan fingerprint density at radius 2 is 2.00 bits per heavy atom. The summed E-state index contributed by atoms with van der Waals surface area (Å²) in [5.74, 6) is 0. The van der Waals surface area contributed by atoms with E-state index in [4.69, 9.17) is 11.6 Å². The number of H-pyrrole nitrogens is 1. The molecule has 1 aliphatic heterocycles. The molecule has 0 aromatic carbocycles. The van der Waals surface area contributed by atoms with E-state index in [0.29, 0.717) is 0 Å². The van der Waals surface area contributed by atoms with Crippen molar-refractivity contribution in [3.8, 4) is 0 Å². The third-order valence-corrected chi connectivity index (χ3v) is 2.81. The zero-order chi connectivity index (χ0) is 10.8. The molecule has 15 heavy (non-hydrogen) atoms. The lowest BCUT2D eigenvalue weighted by molar-refractivity contribution is 0.350. The van der Waals surface area contributed by atoms with E-state index < -0.39 is 5.69 Å². The smallest absolute Gasteiger partial charge is 0.317 e. The summed E-state index contributed by atoms with van der Waals surface area (Å²) in [5.41, 5.74) is -0.741. The monoisotopic (exact) mass is 229 g/mol. The lowest BCUT2D eigenvalue weighted by Gasteiger charge is -2.23. The standard InChI is InChI=1S/C9H12ClN3O2/c10-7-5-8(14)13(9(15)12-7)6-1-3-11-4-2-6/h5-6,11H,1-4H2,(H,12,15). The Hall–Kier alpha value is -1.07. The molecule has 0 saturated carbocycles. The van der Waals surface area contributed by atoms with Crippen LogP contribution in [0.3, 0.4) is 0 Å². The van der Waals surface area contributed by atoms with Crippen LogP contribution in [0, 0.1) is 0 Å². The number of hydrogen-bond acceptors (Lipinski definition) is 3. The van der Waals surface area contributed by atoms with E-state index in [0.717, 1.165) is 25.9 Å². The van der Waals surface area contributed by atoms with Gasteiger partial charge in [-0.05, 0) is 25.9 Å². The zero-order valence-electron chi connectivity index (χ0n) is 8.12. The van der Waals surface area contributed by atoms with Gasteiger partial charge in [-0.25, -0.2) is 4.79 Å². The molecule has 6 heteroatoms. The fourth-order valence-corrected chi connectivity index (χ4v) is 2.06. The third-order valence-electron chi connectivity index (χ3n) is 2.61. The van der Waals surface area contributed by atoms with Gasteiger partial charge in [-0.2, -0.15) is 0 Å². The summed E-state index contributed by atoms with van der Waals surface area (Å²) in [7, 11) is 0. The van der Waals surface area contributed by atoms with Crippen molar-refractivity contribution in [2.24, 2.45) is 0 Å². The van der Waals surface area contributed by atoms with Gasteiger partial charge in [0.25, 0.3) is 5.56 Å². The van der Waals surface area contributed by atoms with Crippen molar-refractivity contribution >= 4 is 11.6 Å². The number of aromatic nitrogens is 2. The highest BCUT2D eigenvalue weighted by Crippen LogP contribution is 2.14. The Kier molecular flexibility index (Phi) is 2.93. The first kappa shape index (κ1) is 10.4. The molecular formula is C9H12ClN3O2. The molecule has 82 valence electrons. The van der Waals surface area contributed by atoms with Crippen LogP contribution in [0.1, 0.15) is 18.9 Å². The van der Waals surface area contributed by atoms with Gasteiger partial charge in [0, 0.05) is 12.1 Å². The maximum Gasteiger partial charge on any atom is 0.329 e. The van der Waals surface area contributed by atoms with Crippen LogP contribution < -0.4 is 16.6 Å². The van der Waals surface area contributed by atoms with E-state index in [1.54, 1.807) is 0 Å². The van der Waals surface area contributed by atoms with Crippen LogP contribution in [-0.2, 0) is 0 Å². The highest BCUT2D eigenvalue weighted by atomic mass is 35.5. The molecule has 1 saturated heterocycles. The van der Waals surface area contributed by atoms with Crippen LogP contribution in [-0.4, -0.2) is 22.6 Å². The minimum Gasteiger partial charge on any atom is -0.317 e. The van der Waals surface area contributed by atoms with Crippen LogP contribution in [0.4, 0.5) is 0 Å². The summed E-state index contributed by atoms with van der Waals surface area (Å²) in [6.45, 7) is 1.67. The highest BCUT2D eigenvalue weighted by molar-refractivity contribution is 6.29. The van der Waals surface area contributed by atoms with Gasteiger partial charge in [0.15, 0.2) is 0 Å². The van der Waals surface area contributed by atoms with Gasteiger partial charge in [0.1, 0.15) is 5.15 Å². The SMILES string of the molecule is O=c1cc(Cl)[nH]c(=O)n1C1CCNCC1. The van der Waals surface area contributed by atoms with Crippen LogP contribution in [0.2, 0.25) is 5.15 Å². The molecule has 1 aromatic heterocycles. The number of halogens is 1. The Balaban J connectivity index is 2.43. The van der Waals surface area contributed by atoms with Crippen LogP contribution in [0.5, 0.6) is 0 Å². The minimum atomic E-state index is -0.417. The van der Waals surface area contributed by atoms with Crippen molar-refractivity contribution in [1.82, 2.24) is 14.9 Å². The Labute approximate surface area is 91.1 Å². The van der Waals surface area contributed by atoms with E-state index >= 15 is 0 Å². The summed E-state index contributed by atoms with van der Waals surface area (Å²) in [6, 6.07) is 1.23. The van der Waals surface area contributed by atoms with Gasteiger partial charge in [-0.15, -0.1) is 0 Å². The maximum absolute atomic E-state index is 11.6. The van der Waals surface area contributed by atoms with Gasteiger partial charge in [0.05, 0.1) is 0 Å². The largest absolute Gasteiger partial charge is 0.329 e. The second-order valence-corrected chi connectivity index (χ2v) is 4.02. The van der Waals surface area contributed by atoms with E-state index in [9.17, 15) is 9.59 Å². The van der Waals surface area contributed by atoms with Gasteiger partial charge >= 0.3 is 5.69 Å². The number of piperidine rings is 1. The first-order chi connectivity index (χ1) is 7.18. The van der Waals surface area contributed by atoms with E-state index in [1.165, 1.54) is 10.6 Å². The third kappa shape index (κ3) is 2.13. The molecule has 0 amide bonds. The Morgan fingerprint density at radius 3 is 2.60 bits per heavy atom. The number of aromatic amines is 1. The minimum absolute atomic E-state index is 0.0141. The van der Waals surface area contributed by atoms with Crippen molar-refractivity contribution in [3.05, 3.63) is 32.1 Å². The molecule has 1 fully saturated rings. The summed E-state index contributed by atoms with van der Waals surface area (Å²) >= 11 is 5.58. The number of hydrogen-bond donors (Lipinski definition) is 2. The summed E-state index contributed by atoms with van der Waals surface area (Å²) in [6.07, 6.45) is 1.59. The molecule has 2 N–H and O–H groups in total. The molecule has 0 radical (unpaired) electrons. The summed E-state index contributed by atoms with van der Waals surface area (Å²) in [4.78, 5) is 25.6. The van der Waals surface area contributed by atoms with Crippen molar-refractivity contribution in [2.75, 3.05) is 13.1 Å². The molecule has 1 aliphatic rings. The number of rotatable bonds is 1. The summed E-state index contributed by atoms with van der Waals surface area (Å²) < 4.78 is 1.26. The first-order valence-electron chi connectivity index (χ1n) is 4.90. The average Bonchev–Trinajstić information content (AvgIpc) is 2.17. The average molecular weight is 230 g/mol. The quantitative estimate of drug-likeness (QED) is 0.672.